The Labute approximate surface area is 83.9 Å². The van der Waals surface area contributed by atoms with E-state index in [1.807, 2.05) is 24.0 Å². The van der Waals surface area contributed by atoms with Crippen LogP contribution in [0.25, 0.3) is 0 Å². The molecule has 1 heterocycles. The van der Waals surface area contributed by atoms with Crippen LogP contribution in [0.2, 0.25) is 0 Å². The number of rotatable bonds is 4. The van der Waals surface area contributed by atoms with Gasteiger partial charge in [-0.15, -0.1) is 11.8 Å². The topological polar surface area (TPSA) is 38.9 Å². The van der Waals surface area contributed by atoms with Crippen molar-refractivity contribution in [1.29, 1.82) is 0 Å². The van der Waals surface area contributed by atoms with Crippen molar-refractivity contribution in [2.45, 2.75) is 25.3 Å². The Balaban J connectivity index is 2.49. The zero-order valence-corrected chi connectivity index (χ0v) is 8.97. The Bertz CT molecular complexity index is 244. The van der Waals surface area contributed by atoms with Crippen LogP contribution in [-0.4, -0.2) is 10.7 Å². The van der Waals surface area contributed by atoms with E-state index in [1.165, 1.54) is 4.90 Å². The van der Waals surface area contributed by atoms with Crippen LogP contribution in [0.1, 0.15) is 19.5 Å². The van der Waals surface area contributed by atoms with Gasteiger partial charge in [-0.1, -0.05) is 13.8 Å². The third kappa shape index (κ3) is 3.79. The highest BCUT2D eigenvalue weighted by Gasteiger charge is 1.97. The summed E-state index contributed by atoms with van der Waals surface area (Å²) in [6.45, 7) is 4.96. The Morgan fingerprint density at radius 2 is 2.23 bits per heavy atom. The molecule has 0 aliphatic heterocycles. The summed E-state index contributed by atoms with van der Waals surface area (Å²) in [4.78, 5) is 5.46. The molecular weight excluding hydrogens is 180 g/mol. The molecule has 0 fully saturated rings. The fourth-order valence-electron chi connectivity index (χ4n) is 0.880. The number of hydrogen-bond donors (Lipinski definition) is 1. The highest BCUT2D eigenvalue weighted by atomic mass is 32.2. The van der Waals surface area contributed by atoms with Gasteiger partial charge in [-0.05, 0) is 18.1 Å². The van der Waals surface area contributed by atoms with Crippen LogP contribution < -0.4 is 5.73 Å². The van der Waals surface area contributed by atoms with Crippen molar-refractivity contribution in [2.75, 3.05) is 5.75 Å². The number of nitrogens with zero attached hydrogens (tertiary/aromatic N) is 1. The lowest BCUT2D eigenvalue weighted by Crippen LogP contribution is -1.98. The fourth-order valence-corrected chi connectivity index (χ4v) is 1.70. The van der Waals surface area contributed by atoms with E-state index in [1.54, 1.807) is 0 Å². The zero-order valence-electron chi connectivity index (χ0n) is 8.16. The van der Waals surface area contributed by atoms with Crippen molar-refractivity contribution in [3.05, 3.63) is 24.0 Å². The van der Waals surface area contributed by atoms with Crippen molar-refractivity contribution in [2.24, 2.45) is 11.7 Å². The van der Waals surface area contributed by atoms with E-state index < -0.39 is 0 Å². The van der Waals surface area contributed by atoms with Crippen LogP contribution in [0.15, 0.2) is 23.2 Å². The number of nitrogens with two attached hydrogens (primary N) is 1. The van der Waals surface area contributed by atoms with Gasteiger partial charge in [-0.2, -0.15) is 0 Å². The third-order valence-corrected chi connectivity index (χ3v) is 3.00. The first-order valence-electron chi connectivity index (χ1n) is 4.50. The standard InChI is InChI=1S/C10H16N2S/c1-8(2)7-13-10-4-3-9(5-11)12-6-10/h3-4,6,8H,5,7,11H2,1-2H3. The molecular formula is C10H16N2S. The summed E-state index contributed by atoms with van der Waals surface area (Å²) in [6.07, 6.45) is 1.90. The molecule has 0 saturated heterocycles. The minimum atomic E-state index is 0.523. The van der Waals surface area contributed by atoms with E-state index in [-0.39, 0.29) is 0 Å². The van der Waals surface area contributed by atoms with Gasteiger partial charge in [0.15, 0.2) is 0 Å². The Kier molecular flexibility index (Phi) is 4.25. The van der Waals surface area contributed by atoms with Crippen molar-refractivity contribution < 1.29 is 0 Å². The number of hydrogen-bond acceptors (Lipinski definition) is 3. The summed E-state index contributed by atoms with van der Waals surface area (Å²) in [5.41, 5.74) is 6.41. The van der Waals surface area contributed by atoms with E-state index in [0.717, 1.165) is 17.4 Å². The SMILES string of the molecule is CC(C)CSc1ccc(CN)nc1. The van der Waals surface area contributed by atoms with Crippen LogP contribution >= 0.6 is 11.8 Å². The molecule has 0 atom stereocenters. The maximum atomic E-state index is 5.45. The number of thioether (sulfide) groups is 1. The van der Waals surface area contributed by atoms with Gasteiger partial charge in [0.1, 0.15) is 0 Å². The Hall–Kier alpha value is -0.540. The van der Waals surface area contributed by atoms with E-state index in [4.69, 9.17) is 5.73 Å². The van der Waals surface area contributed by atoms with Crippen LogP contribution in [0.5, 0.6) is 0 Å². The third-order valence-electron chi connectivity index (χ3n) is 1.59. The molecule has 13 heavy (non-hydrogen) atoms. The predicted octanol–water partition coefficient (Wildman–Crippen LogP) is 2.29. The van der Waals surface area contributed by atoms with Gasteiger partial charge in [0.05, 0.1) is 5.69 Å². The molecule has 0 unspecified atom stereocenters. The monoisotopic (exact) mass is 196 g/mol. The molecule has 1 rings (SSSR count). The molecule has 0 saturated carbocycles. The lowest BCUT2D eigenvalue weighted by Gasteiger charge is -2.04. The van der Waals surface area contributed by atoms with Crippen LogP contribution in [-0.2, 0) is 6.54 Å². The fraction of sp³-hybridized carbons (Fsp3) is 0.500. The van der Waals surface area contributed by atoms with Gasteiger partial charge in [0.2, 0.25) is 0 Å². The molecule has 0 aliphatic carbocycles. The zero-order chi connectivity index (χ0) is 9.68. The summed E-state index contributed by atoms with van der Waals surface area (Å²) >= 11 is 1.84. The lowest BCUT2D eigenvalue weighted by molar-refractivity contribution is 0.750. The first-order chi connectivity index (χ1) is 6.22. The molecule has 2 nitrogen and oxygen atoms in total. The molecule has 72 valence electrons. The van der Waals surface area contributed by atoms with Crippen LogP contribution in [0.3, 0.4) is 0 Å². The first-order valence-corrected chi connectivity index (χ1v) is 5.48. The molecule has 1 aromatic heterocycles. The quantitative estimate of drug-likeness (QED) is 0.751. The molecule has 0 aromatic carbocycles. The van der Waals surface area contributed by atoms with Crippen LogP contribution in [0.4, 0.5) is 0 Å². The van der Waals surface area contributed by atoms with Gasteiger partial charge >= 0.3 is 0 Å². The molecule has 0 bridgehead atoms. The van der Waals surface area contributed by atoms with Crippen molar-refractivity contribution >= 4 is 11.8 Å². The second-order valence-electron chi connectivity index (χ2n) is 3.39. The largest absolute Gasteiger partial charge is 0.325 e. The maximum absolute atomic E-state index is 5.45. The number of pyridine rings is 1. The van der Waals surface area contributed by atoms with Crippen LogP contribution in [0, 0.1) is 5.92 Å². The minimum Gasteiger partial charge on any atom is -0.325 e. The first kappa shape index (κ1) is 10.5. The maximum Gasteiger partial charge on any atom is 0.0540 e. The Morgan fingerprint density at radius 3 is 2.69 bits per heavy atom. The molecule has 0 amide bonds. The molecule has 0 radical (unpaired) electrons. The second-order valence-corrected chi connectivity index (χ2v) is 4.49. The van der Waals surface area contributed by atoms with Gasteiger partial charge in [0.25, 0.3) is 0 Å². The average molecular weight is 196 g/mol. The molecule has 3 heteroatoms. The molecule has 1 aromatic rings. The Morgan fingerprint density at radius 1 is 1.46 bits per heavy atom. The summed E-state index contributed by atoms with van der Waals surface area (Å²) < 4.78 is 0. The average Bonchev–Trinajstić information content (AvgIpc) is 2.15. The van der Waals surface area contributed by atoms with E-state index in [2.05, 4.69) is 24.9 Å². The van der Waals surface area contributed by atoms with E-state index in [0.29, 0.717) is 6.54 Å². The van der Waals surface area contributed by atoms with E-state index >= 15 is 0 Å². The van der Waals surface area contributed by atoms with Gasteiger partial charge in [-0.3, -0.25) is 4.98 Å². The normalized spacial score (nSPS) is 10.8. The highest BCUT2D eigenvalue weighted by molar-refractivity contribution is 7.99. The minimum absolute atomic E-state index is 0.523. The molecule has 0 spiro atoms. The summed E-state index contributed by atoms with van der Waals surface area (Å²) in [5.74, 6) is 1.86. The van der Waals surface area contributed by atoms with Crippen molar-refractivity contribution in [1.82, 2.24) is 4.98 Å². The van der Waals surface area contributed by atoms with Gasteiger partial charge < -0.3 is 5.73 Å². The second kappa shape index (κ2) is 5.25. The predicted molar refractivity (Wildman–Crippen MR) is 57.7 cm³/mol. The number of aromatic nitrogens is 1. The molecule has 0 aliphatic rings. The summed E-state index contributed by atoms with van der Waals surface area (Å²) in [6, 6.07) is 4.07. The van der Waals surface area contributed by atoms with Crippen molar-refractivity contribution in [3.63, 3.8) is 0 Å². The smallest absolute Gasteiger partial charge is 0.0540 e. The molecule has 2 N–H and O–H groups in total. The van der Waals surface area contributed by atoms with Crippen molar-refractivity contribution in [3.8, 4) is 0 Å². The van der Waals surface area contributed by atoms with Gasteiger partial charge in [0, 0.05) is 23.4 Å². The van der Waals surface area contributed by atoms with E-state index in [9.17, 15) is 0 Å². The van der Waals surface area contributed by atoms with Gasteiger partial charge in [-0.25, -0.2) is 0 Å². The highest BCUT2D eigenvalue weighted by Crippen LogP contribution is 2.19. The summed E-state index contributed by atoms with van der Waals surface area (Å²) in [7, 11) is 0. The lowest BCUT2D eigenvalue weighted by atomic mass is 10.3. The summed E-state index contributed by atoms with van der Waals surface area (Å²) in [5, 5.41) is 0.